The van der Waals surface area contributed by atoms with Crippen LogP contribution >= 0.6 is 0 Å². The first-order valence-electron chi connectivity index (χ1n) is 5.94. The molecule has 0 radical (unpaired) electrons. The fourth-order valence-corrected chi connectivity index (χ4v) is 1.84. The third-order valence-corrected chi connectivity index (χ3v) is 3.29. The Morgan fingerprint density at radius 2 is 1.88 bits per heavy atom. The summed E-state index contributed by atoms with van der Waals surface area (Å²) in [5.41, 5.74) is 5.80. The first kappa shape index (κ1) is 13.5. The lowest BCUT2D eigenvalue weighted by atomic mass is 9.86. The number of carbonyl (C=O) groups excluding carboxylic acids is 1. The highest BCUT2D eigenvalue weighted by Crippen LogP contribution is 2.21. The van der Waals surface area contributed by atoms with Gasteiger partial charge < -0.3 is 15.4 Å². The molecule has 2 N–H and O–H groups in total. The standard InChI is InChI=1S/C12H24N2O2/c1-12(2,3)10(13)11(15)14(4)9-5-7-16-8-6-9/h9-10H,5-8,13H2,1-4H3. The van der Waals surface area contributed by atoms with Crippen LogP contribution in [0.2, 0.25) is 0 Å². The molecule has 0 bridgehead atoms. The Labute approximate surface area is 98.1 Å². The van der Waals surface area contributed by atoms with E-state index in [1.807, 2.05) is 27.8 Å². The molecular weight excluding hydrogens is 204 g/mol. The molecule has 4 heteroatoms. The number of nitrogens with zero attached hydrogens (tertiary/aromatic N) is 1. The number of amides is 1. The Kier molecular flexibility index (Phi) is 4.33. The lowest BCUT2D eigenvalue weighted by Crippen LogP contribution is -2.52. The van der Waals surface area contributed by atoms with Gasteiger partial charge in [0.15, 0.2) is 0 Å². The number of hydrogen-bond donors (Lipinski definition) is 1. The van der Waals surface area contributed by atoms with Crippen molar-refractivity contribution >= 4 is 5.91 Å². The van der Waals surface area contributed by atoms with Crippen LogP contribution < -0.4 is 5.73 Å². The molecule has 1 rings (SSSR count). The van der Waals surface area contributed by atoms with E-state index in [2.05, 4.69) is 0 Å². The van der Waals surface area contributed by atoms with Crippen molar-refractivity contribution < 1.29 is 9.53 Å². The minimum Gasteiger partial charge on any atom is -0.381 e. The average Bonchev–Trinajstić information content (AvgIpc) is 2.26. The molecular formula is C12H24N2O2. The van der Waals surface area contributed by atoms with Gasteiger partial charge in [-0.2, -0.15) is 0 Å². The van der Waals surface area contributed by atoms with Gasteiger partial charge in [-0.05, 0) is 18.3 Å². The molecule has 1 aliphatic rings. The molecule has 1 fully saturated rings. The van der Waals surface area contributed by atoms with Crippen LogP contribution in [0, 0.1) is 5.41 Å². The molecule has 1 amide bonds. The third kappa shape index (κ3) is 3.19. The van der Waals surface area contributed by atoms with Crippen molar-refractivity contribution in [3.63, 3.8) is 0 Å². The van der Waals surface area contributed by atoms with Crippen LogP contribution in [0.5, 0.6) is 0 Å². The predicted molar refractivity (Wildman–Crippen MR) is 64.0 cm³/mol. The van der Waals surface area contributed by atoms with Gasteiger partial charge in [0, 0.05) is 26.3 Å². The van der Waals surface area contributed by atoms with E-state index in [0.717, 1.165) is 26.1 Å². The fourth-order valence-electron chi connectivity index (χ4n) is 1.84. The minimum atomic E-state index is -0.430. The van der Waals surface area contributed by atoms with Crippen molar-refractivity contribution in [3.8, 4) is 0 Å². The lowest BCUT2D eigenvalue weighted by Gasteiger charge is -2.36. The molecule has 1 aliphatic heterocycles. The van der Waals surface area contributed by atoms with Crippen molar-refractivity contribution in [1.82, 2.24) is 4.90 Å². The van der Waals surface area contributed by atoms with E-state index < -0.39 is 6.04 Å². The second-order valence-corrected chi connectivity index (χ2v) is 5.64. The molecule has 16 heavy (non-hydrogen) atoms. The lowest BCUT2D eigenvalue weighted by molar-refractivity contribution is -0.137. The van der Waals surface area contributed by atoms with Gasteiger partial charge in [0.25, 0.3) is 0 Å². The van der Waals surface area contributed by atoms with E-state index in [1.165, 1.54) is 0 Å². The highest BCUT2D eigenvalue weighted by Gasteiger charge is 2.32. The summed E-state index contributed by atoms with van der Waals surface area (Å²) in [6, 6.07) is -0.144. The molecule has 0 aliphatic carbocycles. The predicted octanol–water partition coefficient (Wildman–Crippen LogP) is 0.997. The van der Waals surface area contributed by atoms with Crippen LogP contribution in [0.1, 0.15) is 33.6 Å². The van der Waals surface area contributed by atoms with Gasteiger partial charge in [0.05, 0.1) is 6.04 Å². The van der Waals surface area contributed by atoms with Gasteiger partial charge in [0.2, 0.25) is 5.91 Å². The van der Waals surface area contributed by atoms with E-state index in [0.29, 0.717) is 0 Å². The van der Waals surface area contributed by atoms with Crippen LogP contribution in [0.4, 0.5) is 0 Å². The van der Waals surface area contributed by atoms with Crippen molar-refractivity contribution in [2.75, 3.05) is 20.3 Å². The number of hydrogen-bond acceptors (Lipinski definition) is 3. The fraction of sp³-hybridized carbons (Fsp3) is 0.917. The number of rotatable bonds is 2. The second kappa shape index (κ2) is 5.15. The van der Waals surface area contributed by atoms with Crippen LogP contribution in [0.3, 0.4) is 0 Å². The van der Waals surface area contributed by atoms with Crippen molar-refractivity contribution in [2.45, 2.75) is 45.7 Å². The maximum absolute atomic E-state index is 12.1. The number of ether oxygens (including phenoxy) is 1. The molecule has 0 saturated carbocycles. The summed E-state index contributed by atoms with van der Waals surface area (Å²) in [4.78, 5) is 14.0. The highest BCUT2D eigenvalue weighted by molar-refractivity contribution is 5.82. The summed E-state index contributed by atoms with van der Waals surface area (Å²) < 4.78 is 5.29. The van der Waals surface area contributed by atoms with Gasteiger partial charge in [-0.25, -0.2) is 0 Å². The zero-order valence-electron chi connectivity index (χ0n) is 10.8. The second-order valence-electron chi connectivity index (χ2n) is 5.64. The van der Waals surface area contributed by atoms with Crippen molar-refractivity contribution in [3.05, 3.63) is 0 Å². The zero-order valence-corrected chi connectivity index (χ0v) is 10.8. The third-order valence-electron chi connectivity index (χ3n) is 3.29. The first-order chi connectivity index (χ1) is 7.34. The maximum Gasteiger partial charge on any atom is 0.240 e. The van der Waals surface area contributed by atoms with Gasteiger partial charge in [-0.1, -0.05) is 20.8 Å². The summed E-state index contributed by atoms with van der Waals surface area (Å²) in [6.07, 6.45) is 1.83. The largest absolute Gasteiger partial charge is 0.381 e. The molecule has 0 aromatic rings. The normalized spacial score (nSPS) is 20.6. The monoisotopic (exact) mass is 228 g/mol. The summed E-state index contributed by atoms with van der Waals surface area (Å²) in [7, 11) is 1.85. The summed E-state index contributed by atoms with van der Waals surface area (Å²) >= 11 is 0. The highest BCUT2D eigenvalue weighted by atomic mass is 16.5. The molecule has 0 aromatic carbocycles. The van der Waals surface area contributed by atoms with Gasteiger partial charge in [0.1, 0.15) is 0 Å². The van der Waals surface area contributed by atoms with Crippen molar-refractivity contribution in [1.29, 1.82) is 0 Å². The zero-order chi connectivity index (χ0) is 12.3. The van der Waals surface area contributed by atoms with E-state index in [4.69, 9.17) is 10.5 Å². The molecule has 1 heterocycles. The van der Waals surface area contributed by atoms with Gasteiger partial charge in [-0.15, -0.1) is 0 Å². The van der Waals surface area contributed by atoms with E-state index in [1.54, 1.807) is 4.90 Å². The number of likely N-dealkylation sites (N-methyl/N-ethyl adjacent to an activating group) is 1. The summed E-state index contributed by atoms with van der Waals surface area (Å²) in [6.45, 7) is 7.47. The molecule has 1 unspecified atom stereocenters. The maximum atomic E-state index is 12.1. The number of carbonyl (C=O) groups is 1. The molecule has 1 atom stereocenters. The number of nitrogens with two attached hydrogens (primary N) is 1. The molecule has 0 spiro atoms. The molecule has 94 valence electrons. The minimum absolute atomic E-state index is 0.0411. The summed E-state index contributed by atoms with van der Waals surface area (Å²) in [5.74, 6) is 0.0411. The first-order valence-corrected chi connectivity index (χ1v) is 5.94. The van der Waals surface area contributed by atoms with Crippen LogP contribution in [-0.4, -0.2) is 43.2 Å². The van der Waals surface area contributed by atoms with Crippen LogP contribution in [0.15, 0.2) is 0 Å². The van der Waals surface area contributed by atoms with Crippen LogP contribution in [0.25, 0.3) is 0 Å². The Morgan fingerprint density at radius 3 is 2.31 bits per heavy atom. The van der Waals surface area contributed by atoms with Crippen molar-refractivity contribution in [2.24, 2.45) is 11.1 Å². The molecule has 0 aromatic heterocycles. The van der Waals surface area contributed by atoms with Crippen LogP contribution in [-0.2, 0) is 9.53 Å². The summed E-state index contributed by atoms with van der Waals surface area (Å²) in [5, 5.41) is 0. The Hall–Kier alpha value is -0.610. The molecule has 4 nitrogen and oxygen atoms in total. The Balaban J connectivity index is 2.58. The average molecular weight is 228 g/mol. The van der Waals surface area contributed by atoms with Gasteiger partial charge >= 0.3 is 0 Å². The SMILES string of the molecule is CN(C(=O)C(N)C(C)(C)C)C1CCOCC1. The van der Waals surface area contributed by atoms with E-state index >= 15 is 0 Å². The van der Waals surface area contributed by atoms with E-state index in [-0.39, 0.29) is 17.4 Å². The topological polar surface area (TPSA) is 55.6 Å². The van der Waals surface area contributed by atoms with E-state index in [9.17, 15) is 4.79 Å². The van der Waals surface area contributed by atoms with Gasteiger partial charge in [-0.3, -0.25) is 4.79 Å². The quantitative estimate of drug-likeness (QED) is 0.767. The Morgan fingerprint density at radius 1 is 1.38 bits per heavy atom. The Bertz CT molecular complexity index is 242. The molecule has 1 saturated heterocycles. The smallest absolute Gasteiger partial charge is 0.240 e.